The van der Waals surface area contributed by atoms with E-state index in [1.54, 1.807) is 18.2 Å². The Morgan fingerprint density at radius 2 is 1.80 bits per heavy atom. The maximum absolute atomic E-state index is 9.87. The van der Waals surface area contributed by atoms with Gasteiger partial charge in [0.2, 0.25) is 0 Å². The maximum atomic E-state index is 9.87. The lowest BCUT2D eigenvalue weighted by Gasteiger charge is -2.09. The van der Waals surface area contributed by atoms with Gasteiger partial charge in [-0.3, -0.25) is 0 Å². The fourth-order valence-corrected chi connectivity index (χ4v) is 1.58. The van der Waals surface area contributed by atoms with Gasteiger partial charge in [-0.05, 0) is 6.92 Å². The lowest BCUT2D eigenvalue weighted by Crippen LogP contribution is -1.92. The van der Waals surface area contributed by atoms with Gasteiger partial charge in [0.25, 0.3) is 0 Å². The first-order chi connectivity index (χ1) is 7.24. The first-order valence-corrected chi connectivity index (χ1v) is 4.80. The van der Waals surface area contributed by atoms with Crippen LogP contribution in [-0.4, -0.2) is 16.8 Å². The molecule has 0 aliphatic heterocycles. The van der Waals surface area contributed by atoms with Crippen molar-refractivity contribution in [2.75, 3.05) is 6.61 Å². The summed E-state index contributed by atoms with van der Waals surface area (Å²) >= 11 is 0. The van der Waals surface area contributed by atoms with Gasteiger partial charge in [-0.1, -0.05) is 24.3 Å². The second-order valence-electron chi connectivity index (χ2n) is 3.22. The van der Waals surface area contributed by atoms with Crippen molar-refractivity contribution < 1.29 is 14.9 Å². The molecule has 0 amide bonds. The van der Waals surface area contributed by atoms with Gasteiger partial charge in [0.05, 0.1) is 6.61 Å². The molecule has 0 aliphatic carbocycles. The molecule has 15 heavy (non-hydrogen) atoms. The van der Waals surface area contributed by atoms with Gasteiger partial charge in [0.1, 0.15) is 5.75 Å². The van der Waals surface area contributed by atoms with Crippen LogP contribution in [0.4, 0.5) is 0 Å². The van der Waals surface area contributed by atoms with E-state index in [2.05, 4.69) is 0 Å². The number of aromatic hydroxyl groups is 2. The Balaban J connectivity index is 2.72. The summed E-state index contributed by atoms with van der Waals surface area (Å²) in [7, 11) is 0. The van der Waals surface area contributed by atoms with Crippen LogP contribution in [0.3, 0.4) is 0 Å². The highest BCUT2D eigenvalue weighted by Gasteiger charge is 2.10. The molecule has 0 fully saturated rings. The third-order valence-corrected chi connectivity index (χ3v) is 2.26. The van der Waals surface area contributed by atoms with Gasteiger partial charge in [-0.15, -0.1) is 0 Å². The van der Waals surface area contributed by atoms with Crippen LogP contribution >= 0.6 is 0 Å². The molecule has 0 spiro atoms. The van der Waals surface area contributed by atoms with Crippen LogP contribution in [0.5, 0.6) is 17.2 Å². The lowest BCUT2D eigenvalue weighted by molar-refractivity contribution is 0.318. The van der Waals surface area contributed by atoms with Crippen molar-refractivity contribution in [2.45, 2.75) is 6.92 Å². The topological polar surface area (TPSA) is 49.7 Å². The second-order valence-corrected chi connectivity index (χ2v) is 3.22. The maximum Gasteiger partial charge on any atom is 0.165 e. The van der Waals surface area contributed by atoms with E-state index in [1.165, 1.54) is 6.07 Å². The van der Waals surface area contributed by atoms with Gasteiger partial charge in [-0.2, -0.15) is 0 Å². The number of fused-ring (bicyclic) bond motifs is 1. The minimum atomic E-state index is 0.0743. The highest BCUT2D eigenvalue weighted by molar-refractivity contribution is 5.95. The van der Waals surface area contributed by atoms with Gasteiger partial charge in [0.15, 0.2) is 11.5 Å². The average Bonchev–Trinajstić information content (AvgIpc) is 2.26. The molecule has 0 bridgehead atoms. The number of hydrogen-bond acceptors (Lipinski definition) is 3. The van der Waals surface area contributed by atoms with Crippen molar-refractivity contribution in [1.29, 1.82) is 0 Å². The molecular formula is C12H12O3. The number of ether oxygens (including phenoxy) is 1. The van der Waals surface area contributed by atoms with E-state index < -0.39 is 0 Å². The zero-order valence-corrected chi connectivity index (χ0v) is 8.40. The smallest absolute Gasteiger partial charge is 0.165 e. The summed E-state index contributed by atoms with van der Waals surface area (Å²) in [5.41, 5.74) is 0. The normalized spacial score (nSPS) is 10.5. The van der Waals surface area contributed by atoms with Crippen molar-refractivity contribution in [3.05, 3.63) is 30.3 Å². The quantitative estimate of drug-likeness (QED) is 0.739. The molecule has 2 rings (SSSR count). The summed E-state index contributed by atoms with van der Waals surface area (Å²) in [4.78, 5) is 0. The Bertz CT molecular complexity index is 491. The summed E-state index contributed by atoms with van der Waals surface area (Å²) in [6.07, 6.45) is 0. The standard InChI is InChI=1S/C12H12O3/c1-2-15-11-7-10(13)8-5-3-4-6-9(8)12(11)14/h3-7,13-14H,2H2,1H3. The molecule has 0 saturated carbocycles. The molecule has 2 aromatic rings. The summed E-state index contributed by atoms with van der Waals surface area (Å²) in [6.45, 7) is 2.27. The molecule has 3 heteroatoms. The summed E-state index contributed by atoms with van der Waals surface area (Å²) in [6, 6.07) is 8.53. The molecule has 0 saturated heterocycles. The fraction of sp³-hybridized carbons (Fsp3) is 0.167. The van der Waals surface area contributed by atoms with Crippen LogP contribution in [0.25, 0.3) is 10.8 Å². The Labute approximate surface area is 87.5 Å². The van der Waals surface area contributed by atoms with E-state index in [9.17, 15) is 10.2 Å². The summed E-state index contributed by atoms with van der Waals surface area (Å²) in [5.74, 6) is 0.505. The van der Waals surface area contributed by atoms with Crippen LogP contribution in [0.2, 0.25) is 0 Å². The van der Waals surface area contributed by atoms with Crippen molar-refractivity contribution >= 4 is 10.8 Å². The lowest BCUT2D eigenvalue weighted by atomic mass is 10.1. The minimum Gasteiger partial charge on any atom is -0.507 e. The summed E-state index contributed by atoms with van der Waals surface area (Å²) in [5, 5.41) is 20.8. The SMILES string of the molecule is CCOc1cc(O)c2ccccc2c1O. The Morgan fingerprint density at radius 3 is 2.47 bits per heavy atom. The minimum absolute atomic E-state index is 0.0743. The zero-order chi connectivity index (χ0) is 10.8. The monoisotopic (exact) mass is 204 g/mol. The van der Waals surface area contributed by atoms with Gasteiger partial charge in [0, 0.05) is 16.8 Å². The highest BCUT2D eigenvalue weighted by atomic mass is 16.5. The zero-order valence-electron chi connectivity index (χ0n) is 8.40. The van der Waals surface area contributed by atoms with Crippen LogP contribution < -0.4 is 4.74 Å². The summed E-state index contributed by atoms with van der Waals surface area (Å²) < 4.78 is 5.22. The number of hydrogen-bond donors (Lipinski definition) is 2. The molecule has 3 nitrogen and oxygen atoms in total. The van der Waals surface area contributed by atoms with E-state index >= 15 is 0 Å². The largest absolute Gasteiger partial charge is 0.507 e. The van der Waals surface area contributed by atoms with Crippen LogP contribution in [-0.2, 0) is 0 Å². The Morgan fingerprint density at radius 1 is 1.13 bits per heavy atom. The molecule has 0 heterocycles. The number of benzene rings is 2. The molecule has 0 radical (unpaired) electrons. The van der Waals surface area contributed by atoms with E-state index in [-0.39, 0.29) is 11.5 Å². The third kappa shape index (κ3) is 1.56. The Hall–Kier alpha value is -1.90. The molecule has 0 unspecified atom stereocenters. The molecule has 0 aliphatic rings. The second kappa shape index (κ2) is 3.69. The van der Waals surface area contributed by atoms with Gasteiger partial charge in [-0.25, -0.2) is 0 Å². The van der Waals surface area contributed by atoms with Crippen LogP contribution in [0.1, 0.15) is 6.92 Å². The van der Waals surface area contributed by atoms with E-state index in [0.717, 1.165) is 0 Å². The van der Waals surface area contributed by atoms with Gasteiger partial charge < -0.3 is 14.9 Å². The van der Waals surface area contributed by atoms with Crippen molar-refractivity contribution in [3.63, 3.8) is 0 Å². The Kier molecular flexibility index (Phi) is 2.37. The first kappa shape index (κ1) is 9.65. The predicted octanol–water partition coefficient (Wildman–Crippen LogP) is 2.65. The van der Waals surface area contributed by atoms with E-state index in [0.29, 0.717) is 23.1 Å². The van der Waals surface area contributed by atoms with Crippen molar-refractivity contribution in [3.8, 4) is 17.2 Å². The average molecular weight is 204 g/mol. The van der Waals surface area contributed by atoms with Gasteiger partial charge >= 0.3 is 0 Å². The van der Waals surface area contributed by atoms with Crippen LogP contribution in [0, 0.1) is 0 Å². The van der Waals surface area contributed by atoms with Crippen molar-refractivity contribution in [2.24, 2.45) is 0 Å². The van der Waals surface area contributed by atoms with E-state index in [1.807, 2.05) is 13.0 Å². The molecule has 2 aromatic carbocycles. The third-order valence-electron chi connectivity index (χ3n) is 2.26. The molecule has 0 aromatic heterocycles. The molecule has 0 atom stereocenters. The highest BCUT2D eigenvalue weighted by Crippen LogP contribution is 2.39. The van der Waals surface area contributed by atoms with E-state index in [4.69, 9.17) is 4.74 Å². The number of rotatable bonds is 2. The number of phenolic OH excluding ortho intramolecular Hbond substituents is 2. The number of phenols is 2. The van der Waals surface area contributed by atoms with Crippen LogP contribution in [0.15, 0.2) is 30.3 Å². The molecule has 78 valence electrons. The predicted molar refractivity (Wildman–Crippen MR) is 58.4 cm³/mol. The van der Waals surface area contributed by atoms with Crippen molar-refractivity contribution in [1.82, 2.24) is 0 Å². The fourth-order valence-electron chi connectivity index (χ4n) is 1.58. The molecular weight excluding hydrogens is 192 g/mol. The molecule has 2 N–H and O–H groups in total. The first-order valence-electron chi connectivity index (χ1n) is 4.80.